The van der Waals surface area contributed by atoms with Crippen LogP contribution in [0.25, 0.3) is 0 Å². The normalized spacial score (nSPS) is 16.0. The third kappa shape index (κ3) is 7.03. The van der Waals surface area contributed by atoms with E-state index in [2.05, 4.69) is 20.4 Å². The number of carbonyl (C=O) groups excluding carboxylic acids is 1. The maximum atomic E-state index is 11.0. The minimum atomic E-state index is -0.217. The van der Waals surface area contributed by atoms with Crippen LogP contribution in [-0.2, 0) is 9.53 Å². The number of methoxy groups -OCH3 is 1. The Morgan fingerprint density at radius 3 is 2.61 bits per heavy atom. The summed E-state index contributed by atoms with van der Waals surface area (Å²) in [4.78, 5) is 15.3. The van der Waals surface area contributed by atoms with E-state index in [0.29, 0.717) is 19.0 Å². The summed E-state index contributed by atoms with van der Waals surface area (Å²) in [6.07, 6.45) is 5.33. The van der Waals surface area contributed by atoms with Crippen molar-refractivity contribution in [3.8, 4) is 0 Å². The summed E-state index contributed by atoms with van der Waals surface area (Å²) in [7, 11) is 1.40. The van der Waals surface area contributed by atoms with Crippen LogP contribution in [0.2, 0.25) is 0 Å². The first-order valence-corrected chi connectivity index (χ1v) is 6.38. The first-order chi connectivity index (χ1) is 8.26. The van der Waals surface area contributed by atoms with Gasteiger partial charge in [-0.25, -0.2) is 0 Å². The summed E-state index contributed by atoms with van der Waals surface area (Å²) in [6, 6.07) is 0.533. The molecule has 1 fully saturated rings. The van der Waals surface area contributed by atoms with Crippen LogP contribution in [0.5, 0.6) is 0 Å². The van der Waals surface area contributed by atoms with Crippen molar-refractivity contribution in [2.75, 3.05) is 20.2 Å². The minimum absolute atomic E-state index is 0. The molecule has 1 saturated carbocycles. The Morgan fingerprint density at radius 1 is 1.39 bits per heavy atom. The molecule has 0 aliphatic heterocycles. The van der Waals surface area contributed by atoms with E-state index in [9.17, 15) is 4.79 Å². The van der Waals surface area contributed by atoms with E-state index < -0.39 is 0 Å². The van der Waals surface area contributed by atoms with Crippen molar-refractivity contribution in [1.29, 1.82) is 0 Å². The maximum absolute atomic E-state index is 11.0. The van der Waals surface area contributed by atoms with Gasteiger partial charge in [0.05, 0.1) is 20.1 Å². The molecule has 6 heteroatoms. The first kappa shape index (κ1) is 17.5. The highest BCUT2D eigenvalue weighted by atomic mass is 127. The Balaban J connectivity index is 0.00000289. The molecule has 0 aromatic carbocycles. The molecule has 2 N–H and O–H groups in total. The molecule has 18 heavy (non-hydrogen) atoms. The highest BCUT2D eigenvalue weighted by Gasteiger charge is 2.15. The van der Waals surface area contributed by atoms with Gasteiger partial charge in [-0.2, -0.15) is 0 Å². The molecule has 0 atom stereocenters. The number of rotatable bonds is 5. The zero-order chi connectivity index (χ0) is 12.5. The number of nitrogens with one attached hydrogen (secondary N) is 2. The van der Waals surface area contributed by atoms with Crippen molar-refractivity contribution in [3.63, 3.8) is 0 Å². The Kier molecular flexibility index (Phi) is 10.1. The molecule has 0 aromatic heterocycles. The van der Waals surface area contributed by atoms with Gasteiger partial charge in [0.25, 0.3) is 0 Å². The maximum Gasteiger partial charge on any atom is 0.307 e. The summed E-state index contributed by atoms with van der Waals surface area (Å²) in [6.45, 7) is 3.33. The van der Waals surface area contributed by atoms with Gasteiger partial charge in [-0.1, -0.05) is 12.8 Å². The van der Waals surface area contributed by atoms with Gasteiger partial charge >= 0.3 is 5.97 Å². The van der Waals surface area contributed by atoms with E-state index in [4.69, 9.17) is 0 Å². The largest absolute Gasteiger partial charge is 0.469 e. The number of nitrogens with zero attached hydrogens (tertiary/aromatic N) is 1. The van der Waals surface area contributed by atoms with Crippen molar-refractivity contribution >= 4 is 35.9 Å². The highest BCUT2D eigenvalue weighted by Crippen LogP contribution is 2.17. The van der Waals surface area contributed by atoms with Crippen LogP contribution >= 0.6 is 24.0 Å². The molecular formula is C12H24IN3O2. The first-order valence-electron chi connectivity index (χ1n) is 6.38. The average molecular weight is 369 g/mol. The number of aliphatic imine (C=N–C) groups is 1. The smallest absolute Gasteiger partial charge is 0.307 e. The fourth-order valence-electron chi connectivity index (χ4n) is 1.94. The Labute approximate surface area is 126 Å². The molecule has 0 saturated heterocycles. The van der Waals surface area contributed by atoms with Crippen molar-refractivity contribution in [2.45, 2.75) is 45.1 Å². The van der Waals surface area contributed by atoms with Crippen molar-refractivity contribution < 1.29 is 9.53 Å². The predicted octanol–water partition coefficient (Wildman–Crippen LogP) is 1.67. The summed E-state index contributed by atoms with van der Waals surface area (Å²) in [5.74, 6) is 0.591. The van der Waals surface area contributed by atoms with Gasteiger partial charge in [-0.15, -0.1) is 24.0 Å². The van der Waals surface area contributed by atoms with E-state index in [0.717, 1.165) is 12.5 Å². The lowest BCUT2D eigenvalue weighted by molar-refractivity contribution is -0.140. The monoisotopic (exact) mass is 369 g/mol. The molecule has 1 aliphatic carbocycles. The van der Waals surface area contributed by atoms with E-state index in [1.54, 1.807) is 0 Å². The molecule has 0 amide bonds. The standard InChI is InChI=1S/C12H23N3O2.HI/c1-3-13-12(14-9-8-11(16)17-2)15-10-6-4-5-7-10;/h10H,3-9H2,1-2H3,(H2,13,14,15);1H. The fourth-order valence-corrected chi connectivity index (χ4v) is 1.94. The number of carbonyl (C=O) groups is 1. The Morgan fingerprint density at radius 2 is 2.06 bits per heavy atom. The number of hydrogen-bond donors (Lipinski definition) is 2. The minimum Gasteiger partial charge on any atom is -0.469 e. The second kappa shape index (κ2) is 10.4. The fraction of sp³-hybridized carbons (Fsp3) is 0.833. The molecule has 106 valence electrons. The predicted molar refractivity (Wildman–Crippen MR) is 83.4 cm³/mol. The average Bonchev–Trinajstić information content (AvgIpc) is 2.81. The van der Waals surface area contributed by atoms with Crippen molar-refractivity contribution in [1.82, 2.24) is 10.6 Å². The van der Waals surface area contributed by atoms with E-state index >= 15 is 0 Å². The number of esters is 1. The summed E-state index contributed by atoms with van der Waals surface area (Å²) in [5, 5.41) is 6.58. The third-order valence-electron chi connectivity index (χ3n) is 2.85. The quantitative estimate of drug-likeness (QED) is 0.335. The van der Waals surface area contributed by atoms with Crippen molar-refractivity contribution in [2.24, 2.45) is 4.99 Å². The zero-order valence-corrected chi connectivity index (χ0v) is 13.5. The van der Waals surface area contributed by atoms with E-state index in [1.165, 1.54) is 32.8 Å². The van der Waals surface area contributed by atoms with Crippen LogP contribution in [0.4, 0.5) is 0 Å². The Hall–Kier alpha value is -0.530. The molecule has 0 heterocycles. The number of ether oxygens (including phenoxy) is 1. The second-order valence-electron chi connectivity index (χ2n) is 4.21. The van der Waals surface area contributed by atoms with Crippen LogP contribution in [0.1, 0.15) is 39.0 Å². The molecule has 0 aromatic rings. The topological polar surface area (TPSA) is 62.7 Å². The molecule has 0 bridgehead atoms. The zero-order valence-electron chi connectivity index (χ0n) is 11.2. The van der Waals surface area contributed by atoms with Crippen molar-refractivity contribution in [3.05, 3.63) is 0 Å². The highest BCUT2D eigenvalue weighted by molar-refractivity contribution is 14.0. The lowest BCUT2D eigenvalue weighted by atomic mass is 10.2. The molecule has 0 spiro atoms. The van der Waals surface area contributed by atoms with Crippen LogP contribution in [-0.4, -0.2) is 38.2 Å². The lowest BCUT2D eigenvalue weighted by Gasteiger charge is -2.16. The molecule has 1 aliphatic rings. The number of hydrogen-bond acceptors (Lipinski definition) is 3. The van der Waals surface area contributed by atoms with Gasteiger partial charge in [-0.3, -0.25) is 9.79 Å². The summed E-state index contributed by atoms with van der Waals surface area (Å²) >= 11 is 0. The van der Waals surface area contributed by atoms with E-state index in [1.807, 2.05) is 6.92 Å². The van der Waals surface area contributed by atoms with Gasteiger partial charge in [0.15, 0.2) is 5.96 Å². The van der Waals surface area contributed by atoms with Gasteiger partial charge in [0.2, 0.25) is 0 Å². The van der Waals surface area contributed by atoms with Crippen LogP contribution in [0, 0.1) is 0 Å². The molecule has 0 radical (unpaired) electrons. The summed E-state index contributed by atoms with van der Waals surface area (Å²) in [5.41, 5.74) is 0. The molecular weight excluding hydrogens is 345 g/mol. The van der Waals surface area contributed by atoms with Crippen LogP contribution < -0.4 is 10.6 Å². The molecule has 5 nitrogen and oxygen atoms in total. The van der Waals surface area contributed by atoms with Gasteiger partial charge in [0, 0.05) is 12.6 Å². The SMILES string of the molecule is CCNC(=NCCC(=O)OC)NC1CCCC1.I. The molecule has 1 rings (SSSR count). The van der Waals surface area contributed by atoms with Gasteiger partial charge < -0.3 is 15.4 Å². The number of halogens is 1. The molecule has 0 unspecified atom stereocenters. The van der Waals surface area contributed by atoms with Crippen LogP contribution in [0.3, 0.4) is 0 Å². The van der Waals surface area contributed by atoms with Gasteiger partial charge in [-0.05, 0) is 19.8 Å². The second-order valence-corrected chi connectivity index (χ2v) is 4.21. The van der Waals surface area contributed by atoms with Crippen LogP contribution in [0.15, 0.2) is 4.99 Å². The van der Waals surface area contributed by atoms with Gasteiger partial charge in [0.1, 0.15) is 0 Å². The number of guanidine groups is 1. The third-order valence-corrected chi connectivity index (χ3v) is 2.85. The lowest BCUT2D eigenvalue weighted by Crippen LogP contribution is -2.42. The van der Waals surface area contributed by atoms with E-state index in [-0.39, 0.29) is 29.9 Å². The summed E-state index contributed by atoms with van der Waals surface area (Å²) < 4.78 is 4.58. The Bertz CT molecular complexity index is 266.